The number of hydrogen-bond donors (Lipinski definition) is 1. The Morgan fingerprint density at radius 1 is 0.971 bits per heavy atom. The van der Waals surface area contributed by atoms with E-state index in [2.05, 4.69) is 23.1 Å². The molecule has 0 saturated heterocycles. The molecule has 1 unspecified atom stereocenters. The number of amides is 1. The molecule has 172 valence electrons. The highest BCUT2D eigenvalue weighted by Crippen LogP contribution is 2.56. The summed E-state index contributed by atoms with van der Waals surface area (Å²) in [5.41, 5.74) is 4.68. The molecule has 3 aliphatic rings. The van der Waals surface area contributed by atoms with Crippen molar-refractivity contribution < 1.29 is 19.4 Å². The molecule has 1 atom stereocenters. The van der Waals surface area contributed by atoms with Crippen LogP contribution in [0.15, 0.2) is 72.8 Å². The zero-order valence-electron chi connectivity index (χ0n) is 18.8. The molecule has 2 aliphatic heterocycles. The first-order valence-corrected chi connectivity index (χ1v) is 11.7. The van der Waals surface area contributed by atoms with Crippen molar-refractivity contribution in [2.75, 3.05) is 29.5 Å². The molecule has 1 N–H and O–H groups in total. The number of aliphatic hydroxyl groups excluding tert-OH is 1. The minimum Gasteiger partial charge on any atom is -0.476 e. The molecule has 6 heteroatoms. The molecule has 1 fully saturated rings. The summed E-state index contributed by atoms with van der Waals surface area (Å²) in [6.07, 6.45) is 1.52. The predicted octanol–water partition coefficient (Wildman–Crippen LogP) is 3.71. The van der Waals surface area contributed by atoms with Crippen LogP contribution in [0.3, 0.4) is 0 Å². The van der Waals surface area contributed by atoms with Gasteiger partial charge < -0.3 is 19.6 Å². The van der Waals surface area contributed by atoms with E-state index in [1.165, 1.54) is 5.56 Å². The minimum absolute atomic E-state index is 0.0566. The fraction of sp³-hybridized carbons (Fsp3) is 0.286. The van der Waals surface area contributed by atoms with Gasteiger partial charge in [-0.15, -0.1) is 0 Å². The smallest absolute Gasteiger partial charge is 0.269 e. The summed E-state index contributed by atoms with van der Waals surface area (Å²) in [5, 5.41) is 9.31. The molecule has 1 amide bonds. The Morgan fingerprint density at radius 3 is 2.50 bits per heavy atom. The van der Waals surface area contributed by atoms with Crippen molar-refractivity contribution in [3.8, 4) is 5.75 Å². The Hall–Kier alpha value is -3.64. The van der Waals surface area contributed by atoms with E-state index in [1.807, 2.05) is 47.4 Å². The number of nitrogens with zero attached hydrogens (tertiary/aromatic N) is 2. The highest BCUT2D eigenvalue weighted by atomic mass is 16.5. The van der Waals surface area contributed by atoms with E-state index in [1.54, 1.807) is 12.1 Å². The first kappa shape index (κ1) is 20.9. The van der Waals surface area contributed by atoms with Crippen LogP contribution in [0.25, 0.3) is 0 Å². The molecule has 2 heterocycles. The number of carbonyl (C=O) groups is 2. The summed E-state index contributed by atoms with van der Waals surface area (Å²) in [4.78, 5) is 30.0. The zero-order valence-corrected chi connectivity index (χ0v) is 18.8. The number of rotatable bonds is 5. The second-order valence-corrected chi connectivity index (χ2v) is 9.46. The Bertz CT molecular complexity index is 1270. The van der Waals surface area contributed by atoms with Crippen LogP contribution in [-0.4, -0.2) is 42.6 Å². The average molecular weight is 455 g/mol. The van der Waals surface area contributed by atoms with E-state index < -0.39 is 12.7 Å². The zero-order chi connectivity index (χ0) is 23.3. The molecule has 6 rings (SSSR count). The Morgan fingerprint density at radius 2 is 1.74 bits per heavy atom. The van der Waals surface area contributed by atoms with Gasteiger partial charge in [-0.2, -0.15) is 0 Å². The van der Waals surface area contributed by atoms with Gasteiger partial charge in [0.2, 0.25) is 0 Å². The van der Waals surface area contributed by atoms with Crippen LogP contribution < -0.4 is 14.5 Å². The molecule has 0 bridgehead atoms. The van der Waals surface area contributed by atoms with Crippen LogP contribution >= 0.6 is 0 Å². The van der Waals surface area contributed by atoms with Crippen molar-refractivity contribution in [1.82, 2.24) is 0 Å². The number of anilines is 2. The molecular weight excluding hydrogens is 428 g/mol. The lowest BCUT2D eigenvalue weighted by atomic mass is 9.99. The molecule has 34 heavy (non-hydrogen) atoms. The van der Waals surface area contributed by atoms with Crippen LogP contribution in [0.1, 0.15) is 34.3 Å². The first-order valence-electron chi connectivity index (χ1n) is 11.7. The SMILES string of the molecule is O=C(CO)c1ccc2c(c1)OC(C(=O)N1CC3(CC3)c3ccccc31)CN2Cc1ccccc1. The molecule has 0 aromatic heterocycles. The predicted molar refractivity (Wildman–Crippen MR) is 129 cm³/mol. The number of carbonyl (C=O) groups excluding carboxylic acids is 2. The van der Waals surface area contributed by atoms with Gasteiger partial charge in [-0.25, -0.2) is 0 Å². The maximum atomic E-state index is 13.8. The summed E-state index contributed by atoms with van der Waals surface area (Å²) < 4.78 is 6.25. The molecular formula is C28H26N2O4. The number of ketones is 1. The summed E-state index contributed by atoms with van der Waals surface area (Å²) in [6.45, 7) is 1.16. The number of Topliss-reactive ketones (excluding diaryl/α,β-unsaturated/α-hetero) is 1. The van der Waals surface area contributed by atoms with E-state index in [4.69, 9.17) is 4.74 Å². The Balaban J connectivity index is 1.34. The topological polar surface area (TPSA) is 70.1 Å². The van der Waals surface area contributed by atoms with Crippen molar-refractivity contribution in [3.05, 3.63) is 89.5 Å². The van der Waals surface area contributed by atoms with Crippen LogP contribution in [0.5, 0.6) is 5.75 Å². The molecule has 1 saturated carbocycles. The molecule has 0 radical (unpaired) electrons. The monoisotopic (exact) mass is 454 g/mol. The number of benzene rings is 3. The number of hydrogen-bond acceptors (Lipinski definition) is 5. The lowest BCUT2D eigenvalue weighted by Gasteiger charge is -2.37. The third-order valence-corrected chi connectivity index (χ3v) is 7.26. The first-order chi connectivity index (χ1) is 16.6. The largest absolute Gasteiger partial charge is 0.476 e. The van der Waals surface area contributed by atoms with Crippen molar-refractivity contribution in [3.63, 3.8) is 0 Å². The van der Waals surface area contributed by atoms with Gasteiger partial charge in [0.25, 0.3) is 5.91 Å². The number of fused-ring (bicyclic) bond motifs is 3. The van der Waals surface area contributed by atoms with Crippen LogP contribution in [-0.2, 0) is 16.8 Å². The number of para-hydroxylation sites is 1. The third-order valence-electron chi connectivity index (χ3n) is 7.26. The quantitative estimate of drug-likeness (QED) is 0.596. The van der Waals surface area contributed by atoms with Gasteiger partial charge in [0.1, 0.15) is 12.4 Å². The van der Waals surface area contributed by atoms with Crippen molar-refractivity contribution in [2.24, 2.45) is 0 Å². The summed E-state index contributed by atoms with van der Waals surface area (Å²) >= 11 is 0. The van der Waals surface area contributed by atoms with Gasteiger partial charge in [-0.3, -0.25) is 9.59 Å². The van der Waals surface area contributed by atoms with Crippen molar-refractivity contribution >= 4 is 23.1 Å². The van der Waals surface area contributed by atoms with E-state index in [0.29, 0.717) is 30.9 Å². The van der Waals surface area contributed by atoms with Gasteiger partial charge >= 0.3 is 0 Å². The van der Waals surface area contributed by atoms with E-state index in [0.717, 1.165) is 29.8 Å². The van der Waals surface area contributed by atoms with Crippen molar-refractivity contribution in [1.29, 1.82) is 0 Å². The van der Waals surface area contributed by atoms with Gasteiger partial charge in [-0.1, -0.05) is 48.5 Å². The van der Waals surface area contributed by atoms with E-state index in [-0.39, 0.29) is 17.1 Å². The molecule has 3 aromatic carbocycles. The second kappa shape index (κ2) is 7.99. The lowest BCUT2D eigenvalue weighted by Crippen LogP contribution is -2.50. The minimum atomic E-state index is -0.697. The van der Waals surface area contributed by atoms with Gasteiger partial charge in [0.05, 0.1) is 12.2 Å². The van der Waals surface area contributed by atoms with Crippen LogP contribution in [0.2, 0.25) is 0 Å². The molecule has 3 aromatic rings. The van der Waals surface area contributed by atoms with Gasteiger partial charge in [0.15, 0.2) is 11.9 Å². The summed E-state index contributed by atoms with van der Waals surface area (Å²) in [5.74, 6) is 0.0610. The molecule has 1 spiro atoms. The number of ether oxygens (including phenoxy) is 1. The van der Waals surface area contributed by atoms with E-state index >= 15 is 0 Å². The highest BCUT2D eigenvalue weighted by molar-refractivity contribution is 6.01. The van der Waals surface area contributed by atoms with Crippen LogP contribution in [0, 0.1) is 0 Å². The standard InChI is InChI=1S/C28H26N2O4/c31-17-24(32)20-10-11-23-25(14-20)34-26(16-29(23)15-19-6-2-1-3-7-19)27(33)30-18-28(12-13-28)21-8-4-5-9-22(21)30/h1-11,14,26,31H,12-13,15-18H2. The normalized spacial score (nSPS) is 19.4. The average Bonchev–Trinajstić information content (AvgIpc) is 3.59. The van der Waals surface area contributed by atoms with Crippen LogP contribution in [0.4, 0.5) is 11.4 Å². The van der Waals surface area contributed by atoms with Gasteiger partial charge in [-0.05, 0) is 48.2 Å². The summed E-state index contributed by atoms with van der Waals surface area (Å²) in [7, 11) is 0. The molecule has 6 nitrogen and oxygen atoms in total. The number of aliphatic hydroxyl groups is 1. The van der Waals surface area contributed by atoms with Crippen molar-refractivity contribution in [2.45, 2.75) is 30.9 Å². The van der Waals surface area contributed by atoms with Gasteiger partial charge in [0, 0.05) is 29.8 Å². The Kier molecular flexibility index (Phi) is 4.92. The maximum absolute atomic E-state index is 13.8. The highest BCUT2D eigenvalue weighted by Gasteiger charge is 2.53. The Labute approximate surface area is 198 Å². The molecule has 1 aliphatic carbocycles. The second-order valence-electron chi connectivity index (χ2n) is 9.46. The van der Waals surface area contributed by atoms with E-state index in [9.17, 15) is 14.7 Å². The maximum Gasteiger partial charge on any atom is 0.269 e. The fourth-order valence-electron chi connectivity index (χ4n) is 5.28. The summed E-state index contributed by atoms with van der Waals surface area (Å²) in [6, 6.07) is 23.5. The lowest BCUT2D eigenvalue weighted by molar-refractivity contribution is -0.125. The fourth-order valence-corrected chi connectivity index (χ4v) is 5.28. The third kappa shape index (κ3) is 3.46.